The number of benzene rings is 5. The van der Waals surface area contributed by atoms with Crippen LogP contribution in [0.3, 0.4) is 0 Å². The Labute approximate surface area is 346 Å². The van der Waals surface area contributed by atoms with E-state index in [0.717, 1.165) is 12.8 Å². The van der Waals surface area contributed by atoms with Gasteiger partial charge in [0.15, 0.2) is 0 Å². The number of aromatic nitrogens is 2. The lowest BCUT2D eigenvalue weighted by Crippen LogP contribution is -2.62. The molecule has 4 heteroatoms. The summed E-state index contributed by atoms with van der Waals surface area (Å²) in [5.41, 5.74) is 25.3. The average molecular weight is 760 g/mol. The summed E-state index contributed by atoms with van der Waals surface area (Å²) in [6.45, 7) is 26.3. The minimum Gasteiger partial charge on any atom is -0.353 e. The number of hydrogen-bond acceptors (Lipinski definition) is 1. The van der Waals surface area contributed by atoms with Gasteiger partial charge in [0.25, 0.3) is 6.71 Å². The number of rotatable bonds is 1. The lowest BCUT2D eigenvalue weighted by atomic mass is 9.34. The average Bonchev–Trinajstić information content (AvgIpc) is 3.75. The minimum atomic E-state index is -0.206. The van der Waals surface area contributed by atoms with Crippen LogP contribution in [-0.2, 0) is 41.5 Å². The Morgan fingerprint density at radius 1 is 0.638 bits per heavy atom. The highest BCUT2D eigenvalue weighted by molar-refractivity contribution is 7.00. The highest BCUT2D eigenvalue weighted by Crippen LogP contribution is 2.57. The predicted molar refractivity (Wildman–Crippen MR) is 249 cm³/mol. The summed E-state index contributed by atoms with van der Waals surface area (Å²) in [4.78, 5) is 2.74. The van der Waals surface area contributed by atoms with E-state index in [1.807, 2.05) is 0 Å². The van der Waals surface area contributed by atoms with Gasteiger partial charge in [-0.3, -0.25) is 0 Å². The van der Waals surface area contributed by atoms with Crippen LogP contribution in [0.5, 0.6) is 0 Å². The molecule has 0 saturated heterocycles. The minimum absolute atomic E-state index is 0.0118. The maximum Gasteiger partial charge on any atom is 0.272 e. The Morgan fingerprint density at radius 2 is 1.29 bits per heavy atom. The van der Waals surface area contributed by atoms with Gasteiger partial charge in [-0.05, 0) is 134 Å². The summed E-state index contributed by atoms with van der Waals surface area (Å²) in [5, 5.41) is 2.83. The van der Waals surface area contributed by atoms with Crippen LogP contribution in [0.4, 0.5) is 17.1 Å². The number of aryl methyl sites for hydroxylation is 2. The van der Waals surface area contributed by atoms with Gasteiger partial charge in [0, 0.05) is 62.6 Å². The molecule has 0 radical (unpaired) electrons. The van der Waals surface area contributed by atoms with Crippen LogP contribution in [0.1, 0.15) is 128 Å². The molecule has 0 N–H and O–H groups in total. The van der Waals surface area contributed by atoms with Crippen molar-refractivity contribution in [3.05, 3.63) is 124 Å². The Balaban J connectivity index is 1.38. The largest absolute Gasteiger partial charge is 0.353 e. The van der Waals surface area contributed by atoms with E-state index < -0.39 is 0 Å². The van der Waals surface area contributed by atoms with Crippen molar-refractivity contribution in [2.75, 3.05) is 4.90 Å². The SMILES string of the molecule is Cn1c2c(c3cc(C(C)(C)C)ccc31)N(c1ccc(C(C)(C)C)cc1)c1c3c(cc4c1C(C)(C)c1ccccc1-4)-n1c4c(c5cc(C(C)(C)C)cc(c51)B32)CCCC4. The van der Waals surface area contributed by atoms with Gasteiger partial charge in [-0.15, -0.1) is 0 Å². The van der Waals surface area contributed by atoms with Crippen molar-refractivity contribution in [1.82, 2.24) is 9.13 Å². The van der Waals surface area contributed by atoms with Gasteiger partial charge in [0.1, 0.15) is 0 Å². The molecular weight excluding hydrogens is 701 g/mol. The van der Waals surface area contributed by atoms with E-state index in [1.54, 1.807) is 11.3 Å². The molecule has 3 nitrogen and oxygen atoms in total. The van der Waals surface area contributed by atoms with Crippen LogP contribution in [0, 0.1) is 0 Å². The zero-order valence-corrected chi connectivity index (χ0v) is 36.8. The molecule has 2 aliphatic heterocycles. The first-order chi connectivity index (χ1) is 27.4. The lowest BCUT2D eigenvalue weighted by molar-refractivity contribution is 0.590. The lowest BCUT2D eigenvalue weighted by Gasteiger charge is -2.43. The first-order valence-electron chi connectivity index (χ1n) is 21.9. The normalized spacial score (nSPS) is 16.4. The van der Waals surface area contributed by atoms with Gasteiger partial charge in [-0.1, -0.05) is 125 Å². The van der Waals surface area contributed by atoms with Crippen LogP contribution in [0.15, 0.2) is 84.9 Å². The summed E-state index contributed by atoms with van der Waals surface area (Å²) in [7, 11) is 2.35. The highest BCUT2D eigenvalue weighted by atomic mass is 15.2. The molecule has 0 unspecified atom stereocenters. The molecule has 7 aromatic rings. The zero-order valence-electron chi connectivity index (χ0n) is 36.8. The summed E-state index contributed by atoms with van der Waals surface area (Å²) in [6, 6.07) is 34.1. The number of fused-ring (bicyclic) bond motifs is 13. The summed E-state index contributed by atoms with van der Waals surface area (Å²) >= 11 is 0. The Bertz CT molecular complexity index is 2930. The molecule has 0 atom stereocenters. The molecule has 4 aliphatic rings. The maximum absolute atomic E-state index is 2.78. The van der Waals surface area contributed by atoms with Crippen LogP contribution in [-0.4, -0.2) is 15.8 Å². The van der Waals surface area contributed by atoms with Crippen molar-refractivity contribution in [3.63, 3.8) is 0 Å². The molecule has 11 rings (SSSR count). The number of nitrogens with zero attached hydrogens (tertiary/aromatic N) is 3. The molecule has 0 saturated carbocycles. The fourth-order valence-corrected chi connectivity index (χ4v) is 11.6. The first-order valence-corrected chi connectivity index (χ1v) is 21.9. The van der Waals surface area contributed by atoms with Gasteiger partial charge in [0.2, 0.25) is 0 Å². The molecular formula is C54H58BN3. The third kappa shape index (κ3) is 4.64. The van der Waals surface area contributed by atoms with Crippen LogP contribution < -0.4 is 21.4 Å². The third-order valence-electron chi connectivity index (χ3n) is 14.7. The second kappa shape index (κ2) is 11.4. The van der Waals surface area contributed by atoms with E-state index in [1.165, 1.54) is 113 Å². The molecule has 0 fully saturated rings. The second-order valence-electron chi connectivity index (χ2n) is 21.8. The van der Waals surface area contributed by atoms with Crippen molar-refractivity contribution in [2.45, 2.75) is 124 Å². The van der Waals surface area contributed by atoms with E-state index >= 15 is 0 Å². The van der Waals surface area contributed by atoms with E-state index in [0.29, 0.717) is 0 Å². The van der Waals surface area contributed by atoms with E-state index in [2.05, 4.69) is 182 Å². The fraction of sp³-hybridized carbons (Fsp3) is 0.370. The number of hydrogen-bond donors (Lipinski definition) is 0. The molecule has 2 aromatic heterocycles. The van der Waals surface area contributed by atoms with Crippen molar-refractivity contribution >= 4 is 62.1 Å². The first kappa shape index (κ1) is 36.1. The van der Waals surface area contributed by atoms with Gasteiger partial charge in [-0.2, -0.15) is 0 Å². The monoisotopic (exact) mass is 759 g/mol. The quantitative estimate of drug-likeness (QED) is 0.152. The molecule has 4 heterocycles. The van der Waals surface area contributed by atoms with E-state index in [9.17, 15) is 0 Å². The predicted octanol–water partition coefficient (Wildman–Crippen LogP) is 11.8. The Hall–Kier alpha value is -4.96. The molecule has 0 spiro atoms. The smallest absolute Gasteiger partial charge is 0.272 e. The van der Waals surface area contributed by atoms with Crippen LogP contribution >= 0.6 is 0 Å². The topological polar surface area (TPSA) is 13.1 Å². The van der Waals surface area contributed by atoms with Gasteiger partial charge >= 0.3 is 0 Å². The van der Waals surface area contributed by atoms with Crippen LogP contribution in [0.25, 0.3) is 38.6 Å². The second-order valence-corrected chi connectivity index (χ2v) is 21.8. The maximum atomic E-state index is 2.78. The van der Waals surface area contributed by atoms with Gasteiger partial charge in [0.05, 0.1) is 5.69 Å². The summed E-state index contributed by atoms with van der Waals surface area (Å²) < 4.78 is 5.35. The number of anilines is 3. The third-order valence-corrected chi connectivity index (χ3v) is 14.7. The molecule has 58 heavy (non-hydrogen) atoms. The fourth-order valence-electron chi connectivity index (χ4n) is 11.6. The zero-order chi connectivity index (χ0) is 40.6. The Morgan fingerprint density at radius 3 is 2.00 bits per heavy atom. The summed E-state index contributed by atoms with van der Waals surface area (Å²) in [6.07, 6.45) is 4.78. The van der Waals surface area contributed by atoms with Crippen molar-refractivity contribution in [3.8, 4) is 16.8 Å². The van der Waals surface area contributed by atoms with Gasteiger partial charge in [-0.25, -0.2) is 0 Å². The molecule has 2 aliphatic carbocycles. The van der Waals surface area contributed by atoms with Crippen LogP contribution in [0.2, 0.25) is 0 Å². The molecule has 0 amide bonds. The van der Waals surface area contributed by atoms with E-state index in [4.69, 9.17) is 0 Å². The summed E-state index contributed by atoms with van der Waals surface area (Å²) in [5.74, 6) is 0. The molecule has 5 aromatic carbocycles. The van der Waals surface area contributed by atoms with E-state index in [-0.39, 0.29) is 28.4 Å². The highest BCUT2D eigenvalue weighted by Gasteiger charge is 2.51. The van der Waals surface area contributed by atoms with Gasteiger partial charge < -0.3 is 14.0 Å². The Kier molecular flexibility index (Phi) is 7.11. The molecule has 0 bridgehead atoms. The molecule has 292 valence electrons. The van der Waals surface area contributed by atoms with Crippen molar-refractivity contribution < 1.29 is 0 Å². The van der Waals surface area contributed by atoms with Crippen molar-refractivity contribution in [1.29, 1.82) is 0 Å². The standard InChI is InChI=1S/C54H58BN3/c1-51(2,3)31-21-24-34(25-22-31)57-48-39-27-32(52(4,5)6)23-26-42(39)56(12)50(48)55-41-29-33(53(7,8)9)28-38-36-18-14-16-20-43(36)58(47(38)41)44-30-37-35-17-13-15-19-40(35)54(10,11)45(37)49(57)46(44)55/h13,15,17,19,21-30H,14,16,18,20H2,1-12H3. The van der Waals surface area contributed by atoms with Crippen molar-refractivity contribution in [2.24, 2.45) is 7.05 Å².